The molecule has 1 heterocycles. The van der Waals surface area contributed by atoms with Gasteiger partial charge in [-0.1, -0.05) is 38.9 Å². The minimum atomic E-state index is -1.92. The summed E-state index contributed by atoms with van der Waals surface area (Å²) in [6, 6.07) is 2.97. The summed E-state index contributed by atoms with van der Waals surface area (Å²) in [5.74, 6) is 0. The number of rotatable bonds is 3. The van der Waals surface area contributed by atoms with Crippen molar-refractivity contribution >= 4 is 123 Å². The molecule has 1 aliphatic rings. The van der Waals surface area contributed by atoms with Gasteiger partial charge in [0.1, 0.15) is 0 Å². The van der Waals surface area contributed by atoms with E-state index >= 15 is 0 Å². The summed E-state index contributed by atoms with van der Waals surface area (Å²) in [5, 5.41) is 0. The van der Waals surface area contributed by atoms with E-state index in [2.05, 4.69) is 20.4 Å². The molecule has 0 aromatic carbocycles. The van der Waals surface area contributed by atoms with Crippen LogP contribution < -0.4 is 17.0 Å². The molecule has 0 nitrogen and oxygen atoms in total. The number of hydrogen-bond donors (Lipinski definition) is 0. The van der Waals surface area contributed by atoms with Crippen LogP contribution in [-0.2, 0) is 0 Å². The van der Waals surface area contributed by atoms with Gasteiger partial charge in [-0.3, -0.25) is 0 Å². The van der Waals surface area contributed by atoms with Crippen molar-refractivity contribution in [3.8, 4) is 0 Å². The maximum absolute atomic E-state index is 5.81. The fourth-order valence-electron chi connectivity index (χ4n) is 1.36. The molecule has 0 spiro atoms. The van der Waals surface area contributed by atoms with Crippen LogP contribution in [-0.4, -0.2) is 71.9 Å². The number of alkyl halides is 2. The largest absolute Gasteiger partial charge is 2.00 e. The van der Waals surface area contributed by atoms with Gasteiger partial charge in [-0.15, -0.1) is 62.3 Å². The molecule has 0 aromatic rings. The fourth-order valence-corrected chi connectivity index (χ4v) is 4.89. The van der Waals surface area contributed by atoms with E-state index in [0.29, 0.717) is 5.50 Å². The van der Waals surface area contributed by atoms with Gasteiger partial charge < -0.3 is 32.3 Å². The fraction of sp³-hybridized carbons (Fsp3) is 0.846. The quantitative estimate of drug-likeness (QED) is 0.201. The van der Waals surface area contributed by atoms with Crippen molar-refractivity contribution in [3.63, 3.8) is 0 Å². The second-order valence-electron chi connectivity index (χ2n) is 5.06. The first-order valence-corrected chi connectivity index (χ1v) is 15.2. The number of halogens is 6. The van der Waals surface area contributed by atoms with Crippen LogP contribution in [0.15, 0.2) is 0 Å². The van der Waals surface area contributed by atoms with Crippen molar-refractivity contribution in [1.82, 2.24) is 0 Å². The first-order valence-electron chi connectivity index (χ1n) is 6.33. The van der Waals surface area contributed by atoms with E-state index < -0.39 is 14.8 Å². The van der Waals surface area contributed by atoms with Gasteiger partial charge in [-0.2, -0.15) is 0 Å². The molecular weight excluding hydrogens is 563 g/mol. The SMILES string of the molecule is Br.C.C[Si](Cl)(Cl)CCl.C[Si]1(CCl)CCCC1.[Br-].[CH2-]CC[CH2-].[H-].[Mg+2].[Mg+2]. The molecule has 0 radical (unpaired) electrons. The van der Waals surface area contributed by atoms with Gasteiger partial charge in [0.15, 0.2) is 0 Å². The summed E-state index contributed by atoms with van der Waals surface area (Å²) in [6.45, 7) is 9.37. The van der Waals surface area contributed by atoms with Crippen molar-refractivity contribution in [3.05, 3.63) is 13.8 Å². The Morgan fingerprint density at radius 2 is 1.30 bits per heavy atom. The van der Waals surface area contributed by atoms with Crippen LogP contribution in [0.4, 0.5) is 0 Å². The molecule has 0 N–H and O–H groups in total. The van der Waals surface area contributed by atoms with E-state index in [0.717, 1.165) is 18.3 Å². The van der Waals surface area contributed by atoms with E-state index in [1.54, 1.807) is 6.55 Å². The molecular formula is C13H32Br2Cl4Mg2Si2. The Hall–Kier alpha value is 4.09. The number of hydrogen-bond acceptors (Lipinski definition) is 0. The van der Waals surface area contributed by atoms with Gasteiger partial charge in [-0.05, 0) is 6.55 Å². The molecule has 1 rings (SSSR count). The Kier molecular flexibility index (Phi) is 56.2. The molecule has 0 unspecified atom stereocenters. The molecule has 0 amide bonds. The summed E-state index contributed by atoms with van der Waals surface area (Å²) in [7, 11) is -0.795. The molecule has 0 saturated carbocycles. The van der Waals surface area contributed by atoms with E-state index in [1.807, 2.05) is 0 Å². The van der Waals surface area contributed by atoms with Crippen molar-refractivity contribution in [1.29, 1.82) is 0 Å². The van der Waals surface area contributed by atoms with Crippen LogP contribution in [0.25, 0.3) is 0 Å². The topological polar surface area (TPSA) is 0 Å². The van der Waals surface area contributed by atoms with Crippen LogP contribution in [0, 0.1) is 13.8 Å². The smallest absolute Gasteiger partial charge is 1.00 e. The molecule has 0 aromatic heterocycles. The molecule has 23 heavy (non-hydrogen) atoms. The van der Waals surface area contributed by atoms with Crippen molar-refractivity contribution < 1.29 is 18.4 Å². The molecule has 0 atom stereocenters. The van der Waals surface area contributed by atoms with Crippen molar-refractivity contribution in [2.24, 2.45) is 0 Å². The van der Waals surface area contributed by atoms with E-state index in [-0.39, 0.29) is 88.9 Å². The third-order valence-electron chi connectivity index (χ3n) is 2.62. The summed E-state index contributed by atoms with van der Waals surface area (Å²) >= 11 is 22.1. The average molecular weight is 595 g/mol. The minimum Gasteiger partial charge on any atom is -1.00 e. The zero-order chi connectivity index (χ0) is 14.7. The minimum absolute atomic E-state index is 0. The molecule has 0 aliphatic carbocycles. The second-order valence-corrected chi connectivity index (χ2v) is 19.5. The zero-order valence-electron chi connectivity index (χ0n) is 14.8. The maximum Gasteiger partial charge on any atom is 2.00 e. The normalized spacial score (nSPS) is 13.6. The predicted octanol–water partition coefficient (Wildman–Crippen LogP) is 3.95. The van der Waals surface area contributed by atoms with E-state index in [4.69, 9.17) is 45.4 Å². The maximum atomic E-state index is 5.81. The van der Waals surface area contributed by atoms with Gasteiger partial charge >= 0.3 is 46.1 Å². The van der Waals surface area contributed by atoms with Crippen LogP contribution in [0.2, 0.25) is 25.2 Å². The van der Waals surface area contributed by atoms with Crippen LogP contribution in [0.3, 0.4) is 0 Å². The molecule has 138 valence electrons. The summed E-state index contributed by atoms with van der Waals surface area (Å²) in [4.78, 5) is 0. The van der Waals surface area contributed by atoms with Crippen LogP contribution >= 0.6 is 62.3 Å². The van der Waals surface area contributed by atoms with Crippen molar-refractivity contribution in [2.75, 3.05) is 11.0 Å². The summed E-state index contributed by atoms with van der Waals surface area (Å²) in [6.07, 6.45) is 4.82. The predicted molar refractivity (Wildman–Crippen MR) is 125 cm³/mol. The Balaban J connectivity index is -0.0000000247. The van der Waals surface area contributed by atoms with Crippen molar-refractivity contribution in [2.45, 2.75) is 58.3 Å². The molecule has 1 fully saturated rings. The third-order valence-corrected chi connectivity index (χ3v) is 12.0. The first-order chi connectivity index (χ1) is 8.24. The van der Waals surface area contributed by atoms with Gasteiger partial charge in [0, 0.05) is 11.0 Å². The second kappa shape index (κ2) is 28.3. The van der Waals surface area contributed by atoms with Gasteiger partial charge in [0.2, 0.25) is 0 Å². The number of unbranched alkanes of at least 4 members (excludes halogenated alkanes) is 1. The van der Waals surface area contributed by atoms with Gasteiger partial charge in [-0.25, -0.2) is 12.8 Å². The zero-order valence-corrected chi connectivity index (χ0v) is 24.9. The Morgan fingerprint density at radius 3 is 1.39 bits per heavy atom. The third kappa shape index (κ3) is 37.5. The Labute approximate surface area is 222 Å². The van der Waals surface area contributed by atoms with Crippen LogP contribution in [0.1, 0.15) is 34.5 Å². The Bertz CT molecular complexity index is 201. The first kappa shape index (κ1) is 45.7. The van der Waals surface area contributed by atoms with Gasteiger partial charge in [0.25, 0.3) is 6.69 Å². The van der Waals surface area contributed by atoms with E-state index in [1.165, 1.54) is 24.9 Å². The summed E-state index contributed by atoms with van der Waals surface area (Å²) < 4.78 is 0. The summed E-state index contributed by atoms with van der Waals surface area (Å²) in [5.41, 5.74) is 1.41. The molecule has 0 bridgehead atoms. The monoisotopic (exact) mass is 590 g/mol. The molecule has 10 heteroatoms. The average Bonchev–Trinajstić information content (AvgIpc) is 2.77. The molecule has 1 aliphatic heterocycles. The van der Waals surface area contributed by atoms with E-state index in [9.17, 15) is 0 Å². The molecule has 1 saturated heterocycles. The Morgan fingerprint density at radius 1 is 1.04 bits per heavy atom. The van der Waals surface area contributed by atoms with Gasteiger partial charge in [0.05, 0.1) is 8.07 Å². The standard InChI is InChI=1S/C6H13ClSi.C4H8.C2H5Cl3Si.CH4.2BrH.2Mg.H/c1-8(6-7)4-2-3-5-8;1-3-4-2;1-6(4,5)2-3;;;;;;/h2-6H2,1H3;1-4H2;2H2,1H3;1H4;2*1H;;;/q;-2;;;;;2*+2;-1/p-1. The van der Waals surface area contributed by atoms with Crippen LogP contribution in [0.5, 0.6) is 0 Å².